The molecule has 2 fully saturated rings. The predicted octanol–water partition coefficient (Wildman–Crippen LogP) is 0.438. The van der Waals surface area contributed by atoms with Crippen molar-refractivity contribution in [3.05, 3.63) is 34.9 Å². The van der Waals surface area contributed by atoms with Crippen LogP contribution in [0.25, 0.3) is 0 Å². The number of fused-ring (bicyclic) bond motifs is 1. The van der Waals surface area contributed by atoms with Crippen molar-refractivity contribution in [3.8, 4) is 0 Å². The number of piperidine rings is 2. The molecule has 0 spiro atoms. The van der Waals surface area contributed by atoms with Gasteiger partial charge in [-0.25, -0.2) is 4.79 Å². The zero-order valence-electron chi connectivity index (χ0n) is 16.3. The number of rotatable bonds is 2. The van der Waals surface area contributed by atoms with Crippen molar-refractivity contribution in [2.45, 2.75) is 50.3 Å². The quantitative estimate of drug-likeness (QED) is 0.594. The minimum atomic E-state index is -1.34. The Morgan fingerprint density at radius 2 is 1.87 bits per heavy atom. The highest BCUT2D eigenvalue weighted by molar-refractivity contribution is 6.23. The van der Waals surface area contributed by atoms with E-state index in [1.165, 1.54) is 17.0 Å². The molecule has 3 atom stereocenters. The van der Waals surface area contributed by atoms with Crippen molar-refractivity contribution in [1.82, 2.24) is 15.1 Å². The molecule has 3 unspecified atom stereocenters. The maximum atomic E-state index is 13.0. The lowest BCUT2D eigenvalue weighted by molar-refractivity contribution is -0.136. The van der Waals surface area contributed by atoms with Gasteiger partial charge >= 0.3 is 6.09 Å². The fourth-order valence-electron chi connectivity index (χ4n) is 4.53. The zero-order valence-corrected chi connectivity index (χ0v) is 16.3. The summed E-state index contributed by atoms with van der Waals surface area (Å²) in [6, 6.07) is 2.97. The number of aliphatic hydroxyl groups is 1. The first-order valence-electron chi connectivity index (χ1n) is 9.70. The van der Waals surface area contributed by atoms with E-state index >= 15 is 0 Å². The molecule has 10 nitrogen and oxygen atoms in total. The molecule has 30 heavy (non-hydrogen) atoms. The van der Waals surface area contributed by atoms with Gasteiger partial charge in [0.15, 0.2) is 0 Å². The van der Waals surface area contributed by atoms with Gasteiger partial charge in [0, 0.05) is 25.4 Å². The monoisotopic (exact) mass is 415 g/mol. The van der Waals surface area contributed by atoms with Gasteiger partial charge in [-0.1, -0.05) is 6.07 Å². The van der Waals surface area contributed by atoms with E-state index in [1.54, 1.807) is 13.0 Å². The summed E-state index contributed by atoms with van der Waals surface area (Å²) in [6.07, 6.45) is -0.653. The molecule has 4 rings (SSSR count). The van der Waals surface area contributed by atoms with Gasteiger partial charge in [-0.05, 0) is 37.5 Å². The van der Waals surface area contributed by atoms with Gasteiger partial charge in [0.2, 0.25) is 11.8 Å². The van der Waals surface area contributed by atoms with Crippen LogP contribution in [0.15, 0.2) is 18.2 Å². The van der Waals surface area contributed by atoms with E-state index in [0.29, 0.717) is 5.56 Å². The zero-order chi connectivity index (χ0) is 21.8. The van der Waals surface area contributed by atoms with Gasteiger partial charge in [-0.2, -0.15) is 0 Å². The average molecular weight is 415 g/mol. The maximum Gasteiger partial charge on any atom is 0.407 e. The summed E-state index contributed by atoms with van der Waals surface area (Å²) in [4.78, 5) is 62.7. The highest BCUT2D eigenvalue weighted by Gasteiger charge is 2.46. The van der Waals surface area contributed by atoms with Crippen LogP contribution in [-0.2, 0) is 15.2 Å². The number of carboxylic acid groups (broad SMARTS) is 1. The molecule has 0 aliphatic carbocycles. The van der Waals surface area contributed by atoms with Crippen LogP contribution in [-0.4, -0.2) is 68.4 Å². The van der Waals surface area contributed by atoms with Gasteiger partial charge in [0.1, 0.15) is 6.04 Å². The minimum absolute atomic E-state index is 0.0345. The lowest BCUT2D eigenvalue weighted by Gasteiger charge is -2.41. The minimum Gasteiger partial charge on any atom is -0.465 e. The van der Waals surface area contributed by atoms with Crippen LogP contribution >= 0.6 is 0 Å². The Hall–Kier alpha value is -3.27. The number of carbonyl (C=O) groups is 5. The second-order valence-electron chi connectivity index (χ2n) is 8.02. The number of hydrogen-bond acceptors (Lipinski definition) is 6. The fourth-order valence-corrected chi connectivity index (χ4v) is 4.53. The number of likely N-dealkylation sites (tertiary alicyclic amines) is 1. The molecule has 0 saturated carbocycles. The smallest absolute Gasteiger partial charge is 0.407 e. The molecular formula is C20H21N3O7. The molecule has 0 aromatic heterocycles. The number of imide groups is 2. The average Bonchev–Trinajstić information content (AvgIpc) is 2.92. The van der Waals surface area contributed by atoms with Crippen LogP contribution in [0.1, 0.15) is 58.9 Å². The molecule has 3 heterocycles. The van der Waals surface area contributed by atoms with E-state index in [1.807, 2.05) is 0 Å². The normalized spacial score (nSPS) is 29.1. The van der Waals surface area contributed by atoms with Crippen LogP contribution in [0.2, 0.25) is 0 Å². The fraction of sp³-hybridized carbons (Fsp3) is 0.450. The maximum absolute atomic E-state index is 13.0. The van der Waals surface area contributed by atoms with E-state index in [2.05, 4.69) is 5.32 Å². The van der Waals surface area contributed by atoms with Gasteiger partial charge in [-0.3, -0.25) is 29.4 Å². The summed E-state index contributed by atoms with van der Waals surface area (Å²) in [5.41, 5.74) is -0.701. The summed E-state index contributed by atoms with van der Waals surface area (Å²) in [6.45, 7) is 1.84. The largest absolute Gasteiger partial charge is 0.465 e. The first-order chi connectivity index (χ1) is 14.1. The second-order valence-corrected chi connectivity index (χ2v) is 8.02. The van der Waals surface area contributed by atoms with E-state index in [-0.39, 0.29) is 43.4 Å². The van der Waals surface area contributed by atoms with Gasteiger partial charge < -0.3 is 15.1 Å². The molecule has 3 aliphatic heterocycles. The Balaban J connectivity index is 1.62. The molecule has 1 aromatic carbocycles. The van der Waals surface area contributed by atoms with Crippen molar-refractivity contribution < 1.29 is 34.2 Å². The summed E-state index contributed by atoms with van der Waals surface area (Å²) in [7, 11) is 0. The highest BCUT2D eigenvalue weighted by atomic mass is 16.4. The van der Waals surface area contributed by atoms with E-state index in [0.717, 1.165) is 4.90 Å². The molecule has 5 amide bonds. The Morgan fingerprint density at radius 1 is 1.17 bits per heavy atom. The number of nitrogens with one attached hydrogen (secondary N) is 1. The Morgan fingerprint density at radius 3 is 2.50 bits per heavy atom. The number of benzene rings is 1. The van der Waals surface area contributed by atoms with Crippen molar-refractivity contribution in [2.24, 2.45) is 0 Å². The molecule has 158 valence electrons. The van der Waals surface area contributed by atoms with E-state index in [9.17, 15) is 34.2 Å². The van der Waals surface area contributed by atoms with Crippen molar-refractivity contribution in [3.63, 3.8) is 0 Å². The van der Waals surface area contributed by atoms with Crippen molar-refractivity contribution in [1.29, 1.82) is 0 Å². The third kappa shape index (κ3) is 3.04. The number of amides is 5. The van der Waals surface area contributed by atoms with E-state index in [4.69, 9.17) is 0 Å². The van der Waals surface area contributed by atoms with Crippen molar-refractivity contribution in [2.75, 3.05) is 6.54 Å². The van der Waals surface area contributed by atoms with Crippen LogP contribution in [0.3, 0.4) is 0 Å². The summed E-state index contributed by atoms with van der Waals surface area (Å²) in [5.74, 6) is -2.39. The van der Waals surface area contributed by atoms with Crippen molar-refractivity contribution >= 4 is 29.7 Å². The molecule has 10 heteroatoms. The lowest BCUT2D eigenvalue weighted by Crippen LogP contribution is -2.54. The summed E-state index contributed by atoms with van der Waals surface area (Å²) >= 11 is 0. The number of nitrogens with zero attached hydrogens (tertiary/aromatic N) is 2. The standard InChI is InChI=1S/C20H21N3O7/c1-10-9-20(30,6-7-22(10)19(28)29)11-2-3-12-13(8-11)18(27)23(17(12)26)14-4-5-15(24)21-16(14)25/h2-3,8,10,14,30H,4-7,9H2,1H3,(H,28,29)(H,21,24,25). The first kappa shape index (κ1) is 20.0. The van der Waals surface area contributed by atoms with Gasteiger partial charge in [0.25, 0.3) is 11.8 Å². The molecule has 0 bridgehead atoms. The van der Waals surface area contributed by atoms with E-state index < -0.39 is 47.4 Å². The molecule has 3 aliphatic rings. The molecule has 3 N–H and O–H groups in total. The van der Waals surface area contributed by atoms with Crippen LogP contribution in [0.4, 0.5) is 4.79 Å². The lowest BCUT2D eigenvalue weighted by atomic mass is 9.80. The summed E-state index contributed by atoms with van der Waals surface area (Å²) < 4.78 is 0. The van der Waals surface area contributed by atoms with Gasteiger partial charge in [0.05, 0.1) is 16.7 Å². The topological polar surface area (TPSA) is 144 Å². The van der Waals surface area contributed by atoms with Crippen LogP contribution in [0, 0.1) is 0 Å². The van der Waals surface area contributed by atoms with Gasteiger partial charge in [-0.15, -0.1) is 0 Å². The first-order valence-corrected chi connectivity index (χ1v) is 9.70. The molecular weight excluding hydrogens is 394 g/mol. The Bertz CT molecular complexity index is 991. The number of carbonyl (C=O) groups excluding carboxylic acids is 4. The second kappa shape index (κ2) is 6.91. The molecule has 0 radical (unpaired) electrons. The number of hydrogen-bond donors (Lipinski definition) is 3. The summed E-state index contributed by atoms with van der Waals surface area (Å²) in [5, 5.41) is 22.5. The molecule has 1 aromatic rings. The third-order valence-electron chi connectivity index (χ3n) is 6.15. The third-order valence-corrected chi connectivity index (χ3v) is 6.15. The SMILES string of the molecule is CC1CC(O)(c2ccc3c(c2)C(=O)N(C2CCC(=O)NC2=O)C3=O)CCN1C(=O)O. The molecule has 2 saturated heterocycles. The van der Waals surface area contributed by atoms with Crippen LogP contribution < -0.4 is 5.32 Å². The predicted molar refractivity (Wildman–Crippen MR) is 100 cm³/mol. The highest BCUT2D eigenvalue weighted by Crippen LogP contribution is 2.38. The Labute approximate surface area is 171 Å². The Kier molecular flexibility index (Phi) is 4.61. The van der Waals surface area contributed by atoms with Crippen LogP contribution in [0.5, 0.6) is 0 Å².